The topological polar surface area (TPSA) is 0 Å². The lowest BCUT2D eigenvalue weighted by atomic mass is 9.67. The Morgan fingerprint density at radius 3 is 1.30 bits per heavy atom. The summed E-state index contributed by atoms with van der Waals surface area (Å²) in [5.41, 5.74) is 9.71. The van der Waals surface area contributed by atoms with Gasteiger partial charge in [0.15, 0.2) is 0 Å². The molecule has 0 atom stereocenters. The maximum atomic E-state index is 3.95. The van der Waals surface area contributed by atoms with E-state index >= 15 is 0 Å². The van der Waals surface area contributed by atoms with Crippen LogP contribution >= 0.6 is 0 Å². The van der Waals surface area contributed by atoms with Crippen LogP contribution in [0, 0.1) is 0 Å². The number of rotatable bonds is 4. The average molecular weight is 471 g/mol. The molecule has 6 aromatic rings. The molecule has 0 unspecified atom stereocenters. The third kappa shape index (κ3) is 3.09. The fourth-order valence-electron chi connectivity index (χ4n) is 6.27. The van der Waals surface area contributed by atoms with Crippen molar-refractivity contribution in [1.82, 2.24) is 0 Å². The summed E-state index contributed by atoms with van der Waals surface area (Å²) in [7, 11) is 0. The molecule has 0 fully saturated rings. The summed E-state index contributed by atoms with van der Waals surface area (Å²) in [6.07, 6.45) is 3.82. The molecular weight excluding hydrogens is 444 g/mol. The van der Waals surface area contributed by atoms with Crippen LogP contribution in [0.1, 0.15) is 33.4 Å². The second-order valence-electron chi connectivity index (χ2n) is 9.89. The molecule has 0 saturated heterocycles. The Hall–Kier alpha value is -4.68. The van der Waals surface area contributed by atoms with Gasteiger partial charge >= 0.3 is 0 Å². The number of hydrogen-bond donors (Lipinski definition) is 0. The van der Waals surface area contributed by atoms with Gasteiger partial charge in [0.2, 0.25) is 0 Å². The molecule has 0 radical (unpaired) electrons. The molecule has 1 aliphatic carbocycles. The molecule has 1 aliphatic rings. The zero-order valence-corrected chi connectivity index (χ0v) is 20.6. The fraction of sp³-hybridized carbons (Fsp3) is 0.0270. The highest BCUT2D eigenvalue weighted by Crippen LogP contribution is 2.56. The summed E-state index contributed by atoms with van der Waals surface area (Å²) in [6, 6.07) is 44.9. The molecule has 0 heterocycles. The molecule has 0 amide bonds. The van der Waals surface area contributed by atoms with Crippen molar-refractivity contribution in [3.05, 3.63) is 168 Å². The Morgan fingerprint density at radius 1 is 0.432 bits per heavy atom. The minimum Gasteiger partial charge on any atom is -0.0985 e. The van der Waals surface area contributed by atoms with Gasteiger partial charge in [0.1, 0.15) is 0 Å². The van der Waals surface area contributed by atoms with Gasteiger partial charge in [-0.05, 0) is 90.3 Å². The highest BCUT2D eigenvalue weighted by Gasteiger charge is 2.46. The van der Waals surface area contributed by atoms with E-state index in [0.717, 1.165) is 11.1 Å². The van der Waals surface area contributed by atoms with Gasteiger partial charge in [0.25, 0.3) is 0 Å². The highest BCUT2D eigenvalue weighted by atomic mass is 14.5. The molecular formula is C37H26. The molecule has 0 spiro atoms. The Morgan fingerprint density at radius 2 is 0.838 bits per heavy atom. The Labute approximate surface area is 217 Å². The van der Waals surface area contributed by atoms with Crippen molar-refractivity contribution in [2.75, 3.05) is 0 Å². The first-order valence-electron chi connectivity index (χ1n) is 12.8. The van der Waals surface area contributed by atoms with Crippen molar-refractivity contribution in [1.29, 1.82) is 0 Å². The van der Waals surface area contributed by atoms with E-state index in [-0.39, 0.29) is 0 Å². The number of fused-ring (bicyclic) bond motifs is 5. The van der Waals surface area contributed by atoms with Crippen molar-refractivity contribution in [2.24, 2.45) is 0 Å². The largest absolute Gasteiger partial charge is 0.0985 e. The van der Waals surface area contributed by atoms with Gasteiger partial charge in [-0.3, -0.25) is 0 Å². The lowest BCUT2D eigenvalue weighted by Crippen LogP contribution is -2.28. The van der Waals surface area contributed by atoms with Gasteiger partial charge < -0.3 is 0 Å². The predicted molar refractivity (Wildman–Crippen MR) is 159 cm³/mol. The molecule has 0 N–H and O–H groups in total. The molecule has 174 valence electrons. The van der Waals surface area contributed by atoms with Gasteiger partial charge in [-0.2, -0.15) is 0 Å². The molecule has 0 aliphatic heterocycles. The van der Waals surface area contributed by atoms with Gasteiger partial charge in [0.05, 0.1) is 5.41 Å². The summed E-state index contributed by atoms with van der Waals surface area (Å²) < 4.78 is 0. The van der Waals surface area contributed by atoms with E-state index in [9.17, 15) is 0 Å². The first-order valence-corrected chi connectivity index (χ1v) is 12.8. The molecule has 0 nitrogen and oxygen atoms in total. The van der Waals surface area contributed by atoms with Crippen LogP contribution in [0.5, 0.6) is 0 Å². The summed E-state index contributed by atoms with van der Waals surface area (Å²) in [5.74, 6) is 0. The standard InChI is InChI=1S/C37H26/c1-3-25-13-15-29-23-31(19-17-27(29)21-25)37(32-20-18-28-22-26(4-2)14-16-30(28)24-32)35-11-7-5-9-33(35)34-10-6-8-12-36(34)37/h3-24H,1-2H2. The van der Waals surface area contributed by atoms with Gasteiger partial charge in [-0.15, -0.1) is 0 Å². The number of hydrogen-bond acceptors (Lipinski definition) is 0. The van der Waals surface area contributed by atoms with Crippen LogP contribution in [-0.4, -0.2) is 0 Å². The van der Waals surface area contributed by atoms with E-state index in [1.807, 2.05) is 12.2 Å². The third-order valence-corrected chi connectivity index (χ3v) is 8.02. The van der Waals surface area contributed by atoms with Crippen LogP contribution < -0.4 is 0 Å². The highest BCUT2D eigenvalue weighted by molar-refractivity contribution is 5.92. The zero-order chi connectivity index (χ0) is 25.0. The lowest BCUT2D eigenvalue weighted by Gasteiger charge is -2.34. The van der Waals surface area contributed by atoms with E-state index < -0.39 is 5.41 Å². The smallest absolute Gasteiger partial charge is 0.0714 e. The first-order chi connectivity index (χ1) is 18.2. The summed E-state index contributed by atoms with van der Waals surface area (Å²) in [5, 5.41) is 4.93. The summed E-state index contributed by atoms with van der Waals surface area (Å²) in [6.45, 7) is 7.90. The molecule has 0 aromatic heterocycles. The van der Waals surface area contributed by atoms with Crippen molar-refractivity contribution in [3.8, 4) is 11.1 Å². The summed E-state index contributed by atoms with van der Waals surface area (Å²) in [4.78, 5) is 0. The molecule has 0 heteroatoms. The molecule has 6 aromatic carbocycles. The molecule has 0 bridgehead atoms. The first kappa shape index (κ1) is 21.6. The van der Waals surface area contributed by atoms with Gasteiger partial charge in [0, 0.05) is 0 Å². The fourth-order valence-corrected chi connectivity index (χ4v) is 6.27. The van der Waals surface area contributed by atoms with Crippen molar-refractivity contribution in [2.45, 2.75) is 5.41 Å². The van der Waals surface area contributed by atoms with E-state index in [1.165, 1.54) is 54.9 Å². The number of benzene rings is 6. The van der Waals surface area contributed by atoms with Crippen LogP contribution in [0.3, 0.4) is 0 Å². The van der Waals surface area contributed by atoms with Gasteiger partial charge in [-0.1, -0.05) is 122 Å². The van der Waals surface area contributed by atoms with Crippen molar-refractivity contribution in [3.63, 3.8) is 0 Å². The monoisotopic (exact) mass is 470 g/mol. The Bertz CT molecular complexity index is 1730. The molecule has 0 saturated carbocycles. The minimum absolute atomic E-state index is 0.413. The minimum atomic E-state index is -0.413. The van der Waals surface area contributed by atoms with Crippen molar-refractivity contribution >= 4 is 33.7 Å². The Kier molecular flexibility index (Phi) is 4.77. The van der Waals surface area contributed by atoms with Gasteiger partial charge in [-0.25, -0.2) is 0 Å². The SMILES string of the molecule is C=Cc1ccc2cc(C3(c4ccc5cc(C=C)ccc5c4)c4ccccc4-c4ccccc43)ccc2c1. The average Bonchev–Trinajstić information content (AvgIpc) is 3.27. The van der Waals surface area contributed by atoms with Crippen LogP contribution in [-0.2, 0) is 5.41 Å². The zero-order valence-electron chi connectivity index (χ0n) is 20.6. The quantitative estimate of drug-likeness (QED) is 0.240. The van der Waals surface area contributed by atoms with E-state index in [0.29, 0.717) is 0 Å². The molecule has 37 heavy (non-hydrogen) atoms. The second-order valence-corrected chi connectivity index (χ2v) is 9.89. The van der Waals surface area contributed by atoms with Crippen molar-refractivity contribution < 1.29 is 0 Å². The second kappa shape index (κ2) is 8.18. The molecule has 7 rings (SSSR count). The van der Waals surface area contributed by atoms with Crippen LogP contribution in [0.4, 0.5) is 0 Å². The predicted octanol–water partition coefficient (Wildman–Crippen LogP) is 9.64. The van der Waals surface area contributed by atoms with Crippen LogP contribution in [0.2, 0.25) is 0 Å². The third-order valence-electron chi connectivity index (χ3n) is 8.02. The van der Waals surface area contributed by atoms with Crippen LogP contribution in [0.15, 0.2) is 134 Å². The van der Waals surface area contributed by atoms with E-state index in [2.05, 4.69) is 134 Å². The lowest BCUT2D eigenvalue weighted by molar-refractivity contribution is 0.771. The van der Waals surface area contributed by atoms with Crippen LogP contribution in [0.25, 0.3) is 44.8 Å². The van der Waals surface area contributed by atoms with E-state index in [4.69, 9.17) is 0 Å². The Balaban J connectivity index is 1.59. The van der Waals surface area contributed by atoms with E-state index in [1.54, 1.807) is 0 Å². The summed E-state index contributed by atoms with van der Waals surface area (Å²) >= 11 is 0. The normalized spacial score (nSPS) is 13.3. The maximum Gasteiger partial charge on any atom is 0.0714 e. The maximum absolute atomic E-state index is 3.95.